The van der Waals surface area contributed by atoms with E-state index in [0.717, 1.165) is 18.5 Å². The highest BCUT2D eigenvalue weighted by Gasteiger charge is 2.37. The van der Waals surface area contributed by atoms with Gasteiger partial charge in [-0.3, -0.25) is 0 Å². The third-order valence-corrected chi connectivity index (χ3v) is 5.29. The first-order valence-electron chi connectivity index (χ1n) is 8.42. The fraction of sp³-hybridized carbons (Fsp3) is 0.684. The van der Waals surface area contributed by atoms with Crippen LogP contribution in [0.1, 0.15) is 57.6 Å². The molecule has 0 aliphatic heterocycles. The van der Waals surface area contributed by atoms with Crippen LogP contribution in [0.25, 0.3) is 0 Å². The number of hydrogen-bond acceptors (Lipinski definition) is 1. The largest absolute Gasteiger partial charge is 0.314 e. The Morgan fingerprint density at radius 1 is 1.33 bits per heavy atom. The van der Waals surface area contributed by atoms with Crippen molar-refractivity contribution in [2.45, 2.75) is 65.8 Å². The van der Waals surface area contributed by atoms with E-state index >= 15 is 0 Å². The second-order valence-corrected chi connectivity index (χ2v) is 7.28. The van der Waals surface area contributed by atoms with Gasteiger partial charge in [-0.15, -0.1) is 0 Å². The maximum Gasteiger partial charge on any atom is 0.123 e. The fourth-order valence-electron chi connectivity index (χ4n) is 4.01. The molecule has 0 bridgehead atoms. The Morgan fingerprint density at radius 3 is 2.71 bits per heavy atom. The normalized spacial score (nSPS) is 23.0. The second kappa shape index (κ2) is 6.91. The molecule has 0 amide bonds. The Kier molecular flexibility index (Phi) is 5.43. The summed E-state index contributed by atoms with van der Waals surface area (Å²) in [6, 6.07) is 5.71. The van der Waals surface area contributed by atoms with Crippen LogP contribution in [0.4, 0.5) is 4.39 Å². The minimum Gasteiger partial charge on any atom is -0.314 e. The minimum absolute atomic E-state index is 0.130. The van der Waals surface area contributed by atoms with Crippen molar-refractivity contribution >= 4 is 0 Å². The number of nitrogens with one attached hydrogen (secondary N) is 1. The molecular weight excluding hydrogens is 261 g/mol. The average Bonchev–Trinajstić information content (AvgIpc) is 2.41. The number of likely N-dealkylation sites (N-methyl/N-ethyl adjacent to an activating group) is 1. The summed E-state index contributed by atoms with van der Waals surface area (Å²) < 4.78 is 13.3. The van der Waals surface area contributed by atoms with E-state index in [-0.39, 0.29) is 5.82 Å². The average molecular weight is 291 g/mol. The zero-order chi connectivity index (χ0) is 15.5. The van der Waals surface area contributed by atoms with E-state index in [2.05, 4.69) is 26.1 Å². The molecule has 118 valence electrons. The molecule has 1 nitrogen and oxygen atoms in total. The van der Waals surface area contributed by atoms with Gasteiger partial charge in [0.1, 0.15) is 5.82 Å². The minimum atomic E-state index is -0.130. The van der Waals surface area contributed by atoms with Gasteiger partial charge in [0, 0.05) is 6.04 Å². The first-order chi connectivity index (χ1) is 9.94. The summed E-state index contributed by atoms with van der Waals surface area (Å²) in [5.74, 6) is 0.574. The van der Waals surface area contributed by atoms with Crippen LogP contribution in [0.15, 0.2) is 18.2 Å². The Morgan fingerprint density at radius 2 is 2.10 bits per heavy atom. The van der Waals surface area contributed by atoms with Crippen molar-refractivity contribution in [3.63, 3.8) is 0 Å². The molecule has 0 radical (unpaired) electrons. The molecule has 1 aliphatic rings. The number of halogens is 1. The Balaban J connectivity index is 2.18. The van der Waals surface area contributed by atoms with Crippen LogP contribution in [-0.4, -0.2) is 12.6 Å². The summed E-state index contributed by atoms with van der Waals surface area (Å²) in [5, 5.41) is 3.70. The molecule has 21 heavy (non-hydrogen) atoms. The van der Waals surface area contributed by atoms with E-state index in [1.165, 1.54) is 31.2 Å². The van der Waals surface area contributed by atoms with Crippen molar-refractivity contribution in [1.29, 1.82) is 0 Å². The molecule has 0 saturated heterocycles. The quantitative estimate of drug-likeness (QED) is 0.816. The highest BCUT2D eigenvalue weighted by molar-refractivity contribution is 5.27. The summed E-state index contributed by atoms with van der Waals surface area (Å²) in [4.78, 5) is 0. The van der Waals surface area contributed by atoms with Crippen LogP contribution in [0, 0.1) is 24.1 Å². The monoisotopic (exact) mass is 291 g/mol. The number of rotatable bonds is 5. The van der Waals surface area contributed by atoms with E-state index in [4.69, 9.17) is 0 Å². The highest BCUT2D eigenvalue weighted by Crippen LogP contribution is 2.43. The summed E-state index contributed by atoms with van der Waals surface area (Å²) in [7, 11) is 0. The summed E-state index contributed by atoms with van der Waals surface area (Å²) in [6.07, 6.45) is 6.34. The standard InChI is InChI=1S/C19H30FN/c1-5-21-18(17-8-6-7-11-19(17,3)4)13-15-9-10-16(20)12-14(15)2/h9-10,12,17-18,21H,5-8,11,13H2,1-4H3. The van der Waals surface area contributed by atoms with E-state index in [1.807, 2.05) is 13.0 Å². The maximum atomic E-state index is 13.3. The molecule has 1 fully saturated rings. The first-order valence-corrected chi connectivity index (χ1v) is 8.42. The molecule has 1 N–H and O–H groups in total. The lowest BCUT2D eigenvalue weighted by Gasteiger charge is -2.44. The second-order valence-electron chi connectivity index (χ2n) is 7.28. The smallest absolute Gasteiger partial charge is 0.123 e. The van der Waals surface area contributed by atoms with Crippen molar-refractivity contribution < 1.29 is 4.39 Å². The van der Waals surface area contributed by atoms with Crippen molar-refractivity contribution in [2.75, 3.05) is 6.54 Å². The maximum absolute atomic E-state index is 13.3. The summed E-state index contributed by atoms with van der Waals surface area (Å²) >= 11 is 0. The molecule has 1 aromatic carbocycles. The van der Waals surface area contributed by atoms with Gasteiger partial charge in [0.25, 0.3) is 0 Å². The Hall–Kier alpha value is -0.890. The Bertz CT molecular complexity index is 467. The van der Waals surface area contributed by atoms with Crippen LogP contribution >= 0.6 is 0 Å². The third kappa shape index (κ3) is 4.06. The van der Waals surface area contributed by atoms with Gasteiger partial charge in [-0.05, 0) is 67.3 Å². The SMILES string of the molecule is CCNC(Cc1ccc(F)cc1C)C1CCCCC1(C)C. The molecule has 1 saturated carbocycles. The van der Waals surface area contributed by atoms with Crippen LogP contribution in [0.2, 0.25) is 0 Å². The van der Waals surface area contributed by atoms with Gasteiger partial charge in [0.2, 0.25) is 0 Å². The van der Waals surface area contributed by atoms with Crippen LogP contribution < -0.4 is 5.32 Å². The molecule has 1 aromatic rings. The lowest BCUT2D eigenvalue weighted by atomic mass is 9.65. The molecular formula is C19H30FN. The molecule has 0 aromatic heterocycles. The van der Waals surface area contributed by atoms with Gasteiger partial charge in [-0.2, -0.15) is 0 Å². The molecule has 2 rings (SSSR count). The van der Waals surface area contributed by atoms with Crippen LogP contribution in [0.5, 0.6) is 0 Å². The molecule has 2 heteroatoms. The van der Waals surface area contributed by atoms with Crippen LogP contribution in [0.3, 0.4) is 0 Å². The molecule has 0 spiro atoms. The van der Waals surface area contributed by atoms with Crippen molar-refractivity contribution in [3.8, 4) is 0 Å². The van der Waals surface area contributed by atoms with Gasteiger partial charge in [0.05, 0.1) is 0 Å². The first kappa shape index (κ1) is 16.5. The summed E-state index contributed by atoms with van der Waals surface area (Å²) in [6.45, 7) is 10.0. The van der Waals surface area contributed by atoms with E-state index < -0.39 is 0 Å². The number of hydrogen-bond donors (Lipinski definition) is 1. The van der Waals surface area contributed by atoms with Crippen LogP contribution in [-0.2, 0) is 6.42 Å². The lowest BCUT2D eigenvalue weighted by molar-refractivity contribution is 0.0987. The summed E-state index contributed by atoms with van der Waals surface area (Å²) in [5.41, 5.74) is 2.76. The van der Waals surface area contributed by atoms with E-state index in [9.17, 15) is 4.39 Å². The predicted octanol–water partition coefficient (Wildman–Crippen LogP) is 4.87. The Labute approximate surface area is 129 Å². The zero-order valence-corrected chi connectivity index (χ0v) is 14.0. The van der Waals surface area contributed by atoms with Crippen molar-refractivity contribution in [3.05, 3.63) is 35.1 Å². The number of aryl methyl sites for hydroxylation is 1. The fourth-order valence-corrected chi connectivity index (χ4v) is 4.01. The molecule has 2 unspecified atom stereocenters. The topological polar surface area (TPSA) is 12.0 Å². The zero-order valence-electron chi connectivity index (χ0n) is 14.0. The highest BCUT2D eigenvalue weighted by atomic mass is 19.1. The number of benzene rings is 1. The van der Waals surface area contributed by atoms with Gasteiger partial charge in [0.15, 0.2) is 0 Å². The van der Waals surface area contributed by atoms with Gasteiger partial charge >= 0.3 is 0 Å². The third-order valence-electron chi connectivity index (χ3n) is 5.29. The molecule has 2 atom stereocenters. The predicted molar refractivity (Wildman–Crippen MR) is 88.0 cm³/mol. The molecule has 1 aliphatic carbocycles. The van der Waals surface area contributed by atoms with Gasteiger partial charge in [-0.1, -0.05) is 39.7 Å². The van der Waals surface area contributed by atoms with Gasteiger partial charge in [-0.25, -0.2) is 4.39 Å². The van der Waals surface area contributed by atoms with Crippen molar-refractivity contribution in [2.24, 2.45) is 11.3 Å². The van der Waals surface area contributed by atoms with Crippen molar-refractivity contribution in [1.82, 2.24) is 5.32 Å². The lowest BCUT2D eigenvalue weighted by Crippen LogP contribution is -2.46. The molecule has 0 heterocycles. The van der Waals surface area contributed by atoms with E-state index in [0.29, 0.717) is 17.4 Å². The van der Waals surface area contributed by atoms with Gasteiger partial charge < -0.3 is 5.32 Å². The van der Waals surface area contributed by atoms with E-state index in [1.54, 1.807) is 12.1 Å².